The van der Waals surface area contributed by atoms with Crippen LogP contribution in [0, 0.1) is 18.8 Å². The fraction of sp³-hybridized carbons (Fsp3) is 0.692. The van der Waals surface area contributed by atoms with Gasteiger partial charge in [-0.2, -0.15) is 0 Å². The molecule has 1 heterocycles. The predicted molar refractivity (Wildman–Crippen MR) is 76.5 cm³/mol. The molecule has 3 unspecified atom stereocenters. The number of sulfonamides is 1. The van der Waals surface area contributed by atoms with Gasteiger partial charge in [-0.25, -0.2) is 13.1 Å². The summed E-state index contributed by atoms with van der Waals surface area (Å²) >= 11 is 1.47. The summed E-state index contributed by atoms with van der Waals surface area (Å²) in [5, 5.41) is 0. The van der Waals surface area contributed by atoms with Gasteiger partial charge in [0, 0.05) is 22.3 Å². The van der Waals surface area contributed by atoms with E-state index in [0.29, 0.717) is 17.4 Å². The van der Waals surface area contributed by atoms with E-state index in [2.05, 4.69) is 4.72 Å². The van der Waals surface area contributed by atoms with Crippen molar-refractivity contribution in [3.8, 4) is 0 Å². The van der Waals surface area contributed by atoms with Gasteiger partial charge < -0.3 is 5.73 Å². The van der Waals surface area contributed by atoms with Gasteiger partial charge in [0.05, 0.1) is 4.90 Å². The van der Waals surface area contributed by atoms with Crippen LogP contribution in [-0.4, -0.2) is 14.5 Å². The van der Waals surface area contributed by atoms with Gasteiger partial charge in [0.15, 0.2) is 0 Å². The van der Waals surface area contributed by atoms with Crippen molar-refractivity contribution in [1.29, 1.82) is 0 Å². The second kappa shape index (κ2) is 4.84. The fourth-order valence-corrected chi connectivity index (χ4v) is 6.38. The third-order valence-corrected chi connectivity index (χ3v) is 7.28. The number of hydrogen-bond acceptors (Lipinski definition) is 4. The summed E-state index contributed by atoms with van der Waals surface area (Å²) in [5.74, 6) is 1.29. The molecule has 0 amide bonds. The third kappa shape index (κ3) is 2.46. The molecule has 0 aliphatic heterocycles. The topological polar surface area (TPSA) is 72.2 Å². The SMILES string of the molecule is Cc1sc(CN)cc1S(=O)(=O)NC1CC2CCC1C2. The van der Waals surface area contributed by atoms with Crippen molar-refractivity contribution < 1.29 is 8.42 Å². The van der Waals surface area contributed by atoms with Crippen molar-refractivity contribution >= 4 is 21.4 Å². The number of nitrogens with one attached hydrogen (secondary N) is 1. The maximum atomic E-state index is 12.5. The average molecular weight is 300 g/mol. The Bertz CT molecular complexity index is 579. The molecule has 0 radical (unpaired) electrons. The van der Waals surface area contributed by atoms with Gasteiger partial charge in [-0.05, 0) is 44.1 Å². The standard InChI is InChI=1S/C13H20N2O2S2/c1-8-13(6-11(7-14)18-8)19(16,17)15-12-5-9-2-3-10(12)4-9/h6,9-10,12,15H,2-5,7,14H2,1H3. The molecular weight excluding hydrogens is 280 g/mol. The molecule has 2 fully saturated rings. The first-order chi connectivity index (χ1) is 8.99. The van der Waals surface area contributed by atoms with Crippen molar-refractivity contribution in [2.24, 2.45) is 17.6 Å². The summed E-state index contributed by atoms with van der Waals surface area (Å²) in [7, 11) is -3.38. The molecule has 2 aliphatic rings. The summed E-state index contributed by atoms with van der Waals surface area (Å²) in [6.45, 7) is 2.24. The Balaban J connectivity index is 1.80. The Morgan fingerprint density at radius 1 is 1.42 bits per heavy atom. The van der Waals surface area contributed by atoms with Crippen LogP contribution in [0.15, 0.2) is 11.0 Å². The first kappa shape index (κ1) is 13.5. The minimum Gasteiger partial charge on any atom is -0.326 e. The molecule has 3 atom stereocenters. The molecule has 3 rings (SSSR count). The van der Waals surface area contributed by atoms with Gasteiger partial charge in [-0.1, -0.05) is 6.42 Å². The lowest BCUT2D eigenvalue weighted by Crippen LogP contribution is -2.38. The molecule has 3 N–H and O–H groups in total. The van der Waals surface area contributed by atoms with Crippen LogP contribution in [0.5, 0.6) is 0 Å². The minimum atomic E-state index is -3.38. The van der Waals surface area contributed by atoms with E-state index >= 15 is 0 Å². The molecule has 106 valence electrons. The van der Waals surface area contributed by atoms with E-state index < -0.39 is 10.0 Å². The smallest absolute Gasteiger partial charge is 0.241 e. The third-order valence-electron chi connectivity index (χ3n) is 4.46. The molecule has 4 nitrogen and oxygen atoms in total. The van der Waals surface area contributed by atoms with Gasteiger partial charge >= 0.3 is 0 Å². The first-order valence-electron chi connectivity index (χ1n) is 6.81. The second-order valence-electron chi connectivity index (χ2n) is 5.74. The number of rotatable bonds is 4. The zero-order valence-corrected chi connectivity index (χ0v) is 12.7. The van der Waals surface area contributed by atoms with Gasteiger partial charge in [0.2, 0.25) is 10.0 Å². The number of thiophene rings is 1. The molecule has 0 saturated heterocycles. The van der Waals surface area contributed by atoms with Crippen LogP contribution in [0.4, 0.5) is 0 Å². The molecule has 6 heteroatoms. The fourth-order valence-electron chi connectivity index (χ4n) is 3.54. The lowest BCUT2D eigenvalue weighted by Gasteiger charge is -2.22. The number of nitrogens with two attached hydrogens (primary N) is 1. The molecule has 2 aliphatic carbocycles. The van der Waals surface area contributed by atoms with E-state index in [1.165, 1.54) is 30.6 Å². The summed E-state index contributed by atoms with van der Waals surface area (Å²) in [5.41, 5.74) is 5.58. The summed E-state index contributed by atoms with van der Waals surface area (Å²) in [6, 6.07) is 1.86. The lowest BCUT2D eigenvalue weighted by atomic mass is 9.96. The first-order valence-corrected chi connectivity index (χ1v) is 9.11. The number of aryl methyl sites for hydroxylation is 1. The van der Waals surface area contributed by atoms with Crippen LogP contribution in [0.3, 0.4) is 0 Å². The highest BCUT2D eigenvalue weighted by Crippen LogP contribution is 2.45. The molecule has 0 aromatic carbocycles. The molecule has 0 spiro atoms. The molecule has 2 saturated carbocycles. The quantitative estimate of drug-likeness (QED) is 0.893. The van der Waals surface area contributed by atoms with Crippen molar-refractivity contribution in [3.05, 3.63) is 15.8 Å². The maximum Gasteiger partial charge on any atom is 0.241 e. The molecule has 1 aromatic rings. The van der Waals surface area contributed by atoms with Crippen LogP contribution < -0.4 is 10.5 Å². The Morgan fingerprint density at radius 3 is 2.74 bits per heavy atom. The van der Waals surface area contributed by atoms with Crippen LogP contribution in [-0.2, 0) is 16.6 Å². The van der Waals surface area contributed by atoms with Gasteiger partial charge in [-0.3, -0.25) is 0 Å². The van der Waals surface area contributed by atoms with E-state index in [1.807, 2.05) is 6.92 Å². The predicted octanol–water partition coefficient (Wildman–Crippen LogP) is 1.98. The highest BCUT2D eigenvalue weighted by Gasteiger charge is 2.41. The Kier molecular flexibility index (Phi) is 3.45. The largest absolute Gasteiger partial charge is 0.326 e. The van der Waals surface area contributed by atoms with E-state index in [0.717, 1.165) is 22.1 Å². The minimum absolute atomic E-state index is 0.143. The highest BCUT2D eigenvalue weighted by atomic mass is 32.2. The Labute approximate surface area is 118 Å². The van der Waals surface area contributed by atoms with Crippen molar-refractivity contribution in [3.63, 3.8) is 0 Å². The summed E-state index contributed by atoms with van der Waals surface area (Å²) in [6.07, 6.45) is 4.66. The molecular formula is C13H20N2O2S2. The normalized spacial score (nSPS) is 30.1. The van der Waals surface area contributed by atoms with Crippen molar-refractivity contribution in [1.82, 2.24) is 4.72 Å². The summed E-state index contributed by atoms with van der Waals surface area (Å²) in [4.78, 5) is 2.17. The zero-order valence-electron chi connectivity index (χ0n) is 11.1. The van der Waals surface area contributed by atoms with E-state index in [4.69, 9.17) is 5.73 Å². The van der Waals surface area contributed by atoms with Gasteiger partial charge in [0.1, 0.15) is 0 Å². The lowest BCUT2D eigenvalue weighted by molar-refractivity contribution is 0.390. The maximum absolute atomic E-state index is 12.5. The highest BCUT2D eigenvalue weighted by molar-refractivity contribution is 7.89. The van der Waals surface area contributed by atoms with Crippen molar-refractivity contribution in [2.75, 3.05) is 0 Å². The Morgan fingerprint density at radius 2 is 2.21 bits per heavy atom. The van der Waals surface area contributed by atoms with E-state index in [1.54, 1.807) is 6.07 Å². The molecule has 19 heavy (non-hydrogen) atoms. The van der Waals surface area contributed by atoms with E-state index in [-0.39, 0.29) is 6.04 Å². The monoisotopic (exact) mass is 300 g/mol. The summed E-state index contributed by atoms with van der Waals surface area (Å²) < 4.78 is 27.9. The van der Waals surface area contributed by atoms with Crippen LogP contribution in [0.2, 0.25) is 0 Å². The van der Waals surface area contributed by atoms with Crippen molar-refractivity contribution in [2.45, 2.75) is 50.1 Å². The van der Waals surface area contributed by atoms with Crippen LogP contribution in [0.25, 0.3) is 0 Å². The van der Waals surface area contributed by atoms with Gasteiger partial charge in [-0.15, -0.1) is 11.3 Å². The zero-order chi connectivity index (χ0) is 13.6. The molecule has 1 aromatic heterocycles. The number of fused-ring (bicyclic) bond motifs is 2. The Hall–Kier alpha value is -0.430. The van der Waals surface area contributed by atoms with Crippen LogP contribution >= 0.6 is 11.3 Å². The molecule has 2 bridgehead atoms. The van der Waals surface area contributed by atoms with Crippen LogP contribution in [0.1, 0.15) is 35.4 Å². The van der Waals surface area contributed by atoms with E-state index in [9.17, 15) is 8.42 Å². The van der Waals surface area contributed by atoms with Gasteiger partial charge in [0.25, 0.3) is 0 Å². The number of hydrogen-bond donors (Lipinski definition) is 2. The second-order valence-corrected chi connectivity index (χ2v) is 8.76. The average Bonchev–Trinajstić information content (AvgIpc) is 3.02.